The van der Waals surface area contributed by atoms with E-state index in [1.54, 1.807) is 6.07 Å². The molecule has 1 fully saturated rings. The number of aryl methyl sites for hydroxylation is 1. The maximum atomic E-state index is 13.1. The Morgan fingerprint density at radius 2 is 2.00 bits per heavy atom. The maximum Gasteiger partial charge on any atom is 0.243 e. The Hall–Kier alpha value is -2.09. The van der Waals surface area contributed by atoms with Crippen molar-refractivity contribution in [2.75, 3.05) is 25.0 Å². The summed E-state index contributed by atoms with van der Waals surface area (Å²) in [7, 11) is -3.76. The number of carbonyl (C=O) groups is 1. The number of hydrogen-bond acceptors (Lipinski definition) is 4. The minimum atomic E-state index is -3.76. The van der Waals surface area contributed by atoms with Crippen LogP contribution < -0.4 is 10.1 Å². The average Bonchev–Trinajstić information content (AvgIpc) is 2.75. The third-order valence-electron chi connectivity index (χ3n) is 5.25. The van der Waals surface area contributed by atoms with Crippen LogP contribution in [0.15, 0.2) is 47.4 Å². The zero-order valence-electron chi connectivity index (χ0n) is 17.2. The molecule has 1 heterocycles. The average molecular weight is 451 g/mol. The van der Waals surface area contributed by atoms with Gasteiger partial charge in [-0.15, -0.1) is 0 Å². The van der Waals surface area contributed by atoms with E-state index in [0.29, 0.717) is 31.7 Å². The van der Waals surface area contributed by atoms with Crippen LogP contribution in [0.4, 0.5) is 5.69 Å². The highest BCUT2D eigenvalue weighted by atomic mass is 35.5. The number of halogens is 1. The summed E-state index contributed by atoms with van der Waals surface area (Å²) in [6, 6.07) is 12.1. The van der Waals surface area contributed by atoms with Gasteiger partial charge in [-0.1, -0.05) is 36.7 Å². The molecule has 6 nitrogen and oxygen atoms in total. The minimum absolute atomic E-state index is 0.105. The Bertz CT molecular complexity index is 1010. The number of ether oxygens (including phenoxy) is 1. The van der Waals surface area contributed by atoms with Gasteiger partial charge in [0.25, 0.3) is 0 Å². The molecule has 2 aromatic carbocycles. The number of rotatable bonds is 7. The lowest BCUT2D eigenvalue weighted by Crippen LogP contribution is -2.43. The van der Waals surface area contributed by atoms with Crippen molar-refractivity contribution in [1.82, 2.24) is 4.31 Å². The van der Waals surface area contributed by atoms with E-state index in [4.69, 9.17) is 16.3 Å². The summed E-state index contributed by atoms with van der Waals surface area (Å²) < 4.78 is 33.0. The number of sulfonamides is 1. The zero-order valence-corrected chi connectivity index (χ0v) is 18.8. The lowest BCUT2D eigenvalue weighted by Gasteiger charge is -2.31. The SMILES string of the molecule is CCOc1ccc(S(=O)(=O)N2CCC[C@H](C(=O)Nc3ccccc3CC)C2)cc1Cl. The summed E-state index contributed by atoms with van der Waals surface area (Å²) in [4.78, 5) is 13.0. The van der Waals surface area contributed by atoms with Crippen molar-refractivity contribution in [3.8, 4) is 5.75 Å². The molecule has 1 saturated heterocycles. The van der Waals surface area contributed by atoms with Crippen LogP contribution in [0.2, 0.25) is 5.02 Å². The minimum Gasteiger partial charge on any atom is -0.492 e. The molecule has 0 bridgehead atoms. The molecule has 1 aliphatic rings. The Labute approximate surface area is 183 Å². The molecule has 8 heteroatoms. The lowest BCUT2D eigenvalue weighted by molar-refractivity contribution is -0.120. The standard InChI is InChI=1S/C22H27ClN2O4S/c1-3-16-8-5-6-10-20(16)24-22(26)17-9-7-13-25(15-17)30(27,28)18-11-12-21(29-4-2)19(23)14-18/h5-6,8,10-12,14,17H,3-4,7,9,13,15H2,1-2H3,(H,24,26)/t17-/m0/s1. The highest BCUT2D eigenvalue weighted by molar-refractivity contribution is 7.89. The van der Waals surface area contributed by atoms with E-state index >= 15 is 0 Å². The van der Waals surface area contributed by atoms with Crippen LogP contribution in [0.1, 0.15) is 32.3 Å². The van der Waals surface area contributed by atoms with E-state index < -0.39 is 15.9 Å². The summed E-state index contributed by atoms with van der Waals surface area (Å²) in [5, 5.41) is 3.23. The number of piperidine rings is 1. The largest absolute Gasteiger partial charge is 0.492 e. The molecule has 0 aromatic heterocycles. The molecule has 2 aromatic rings. The van der Waals surface area contributed by atoms with Gasteiger partial charge in [-0.05, 0) is 56.0 Å². The van der Waals surface area contributed by atoms with Gasteiger partial charge in [0.15, 0.2) is 0 Å². The Morgan fingerprint density at radius 3 is 2.70 bits per heavy atom. The molecule has 1 N–H and O–H groups in total. The van der Waals surface area contributed by atoms with Gasteiger partial charge in [-0.2, -0.15) is 4.31 Å². The molecule has 0 unspecified atom stereocenters. The first kappa shape index (κ1) is 22.6. The predicted molar refractivity (Wildman–Crippen MR) is 119 cm³/mol. The molecule has 162 valence electrons. The summed E-state index contributed by atoms with van der Waals surface area (Å²) in [5.41, 5.74) is 1.83. The smallest absolute Gasteiger partial charge is 0.243 e. The first-order valence-electron chi connectivity index (χ1n) is 10.2. The van der Waals surface area contributed by atoms with Crippen molar-refractivity contribution in [2.45, 2.75) is 38.0 Å². The van der Waals surface area contributed by atoms with Crippen LogP contribution in [-0.2, 0) is 21.2 Å². The van der Waals surface area contributed by atoms with Gasteiger partial charge < -0.3 is 10.1 Å². The number of nitrogens with zero attached hydrogens (tertiary/aromatic N) is 1. The Kier molecular flexibility index (Phi) is 7.39. The fourth-order valence-corrected chi connectivity index (χ4v) is 5.47. The first-order chi connectivity index (χ1) is 14.4. The second-order valence-electron chi connectivity index (χ2n) is 7.23. The quantitative estimate of drug-likeness (QED) is 0.680. The number of para-hydroxylation sites is 1. The number of nitrogens with one attached hydrogen (secondary N) is 1. The van der Waals surface area contributed by atoms with E-state index in [1.165, 1.54) is 16.4 Å². The molecule has 1 amide bonds. The summed E-state index contributed by atoms with van der Waals surface area (Å²) in [6.07, 6.45) is 2.08. The molecular formula is C22H27ClN2O4S. The second-order valence-corrected chi connectivity index (χ2v) is 9.57. The van der Waals surface area contributed by atoms with Crippen molar-refractivity contribution in [3.63, 3.8) is 0 Å². The van der Waals surface area contributed by atoms with Crippen LogP contribution in [-0.4, -0.2) is 38.3 Å². The van der Waals surface area contributed by atoms with Crippen LogP contribution >= 0.6 is 11.6 Å². The second kappa shape index (κ2) is 9.81. The van der Waals surface area contributed by atoms with Crippen molar-refractivity contribution in [2.24, 2.45) is 5.92 Å². The lowest BCUT2D eigenvalue weighted by atomic mass is 9.98. The topological polar surface area (TPSA) is 75.7 Å². The van der Waals surface area contributed by atoms with Gasteiger partial charge in [0.1, 0.15) is 5.75 Å². The van der Waals surface area contributed by atoms with E-state index in [-0.39, 0.29) is 22.4 Å². The van der Waals surface area contributed by atoms with Gasteiger partial charge in [-0.25, -0.2) is 8.42 Å². The molecule has 0 radical (unpaired) electrons. The Morgan fingerprint density at radius 1 is 1.23 bits per heavy atom. The normalized spacial score (nSPS) is 17.5. The molecule has 0 aliphatic carbocycles. The van der Waals surface area contributed by atoms with Crippen molar-refractivity contribution >= 4 is 33.2 Å². The number of anilines is 1. The maximum absolute atomic E-state index is 13.1. The van der Waals surface area contributed by atoms with Crippen LogP contribution in [0.25, 0.3) is 0 Å². The summed E-state index contributed by atoms with van der Waals surface area (Å²) >= 11 is 6.18. The highest BCUT2D eigenvalue weighted by Gasteiger charge is 2.33. The molecular weight excluding hydrogens is 424 g/mol. The Balaban J connectivity index is 1.75. The fourth-order valence-electron chi connectivity index (χ4n) is 3.62. The van der Waals surface area contributed by atoms with Crippen molar-refractivity contribution in [1.29, 1.82) is 0 Å². The van der Waals surface area contributed by atoms with Gasteiger partial charge in [-0.3, -0.25) is 4.79 Å². The number of amides is 1. The fraction of sp³-hybridized carbons (Fsp3) is 0.409. The number of carbonyl (C=O) groups excluding carboxylic acids is 1. The zero-order chi connectivity index (χ0) is 21.7. The molecule has 1 aliphatic heterocycles. The predicted octanol–water partition coefficient (Wildman–Crippen LogP) is 4.34. The number of benzene rings is 2. The molecule has 0 spiro atoms. The van der Waals surface area contributed by atoms with Crippen molar-refractivity contribution < 1.29 is 17.9 Å². The molecule has 3 rings (SSSR count). The number of hydrogen-bond donors (Lipinski definition) is 1. The highest BCUT2D eigenvalue weighted by Crippen LogP contribution is 2.31. The van der Waals surface area contributed by atoms with Gasteiger partial charge in [0.05, 0.1) is 22.4 Å². The van der Waals surface area contributed by atoms with Gasteiger partial charge in [0, 0.05) is 18.8 Å². The molecule has 30 heavy (non-hydrogen) atoms. The first-order valence-corrected chi connectivity index (χ1v) is 12.0. The van der Waals surface area contributed by atoms with E-state index in [0.717, 1.165) is 17.7 Å². The third kappa shape index (κ3) is 4.96. The van der Waals surface area contributed by atoms with Crippen LogP contribution in [0.3, 0.4) is 0 Å². The molecule has 0 saturated carbocycles. The van der Waals surface area contributed by atoms with E-state index in [1.807, 2.05) is 38.1 Å². The van der Waals surface area contributed by atoms with Crippen molar-refractivity contribution in [3.05, 3.63) is 53.1 Å². The van der Waals surface area contributed by atoms with E-state index in [2.05, 4.69) is 5.32 Å². The third-order valence-corrected chi connectivity index (χ3v) is 7.41. The molecule has 1 atom stereocenters. The van der Waals surface area contributed by atoms with Crippen LogP contribution in [0.5, 0.6) is 5.75 Å². The monoisotopic (exact) mass is 450 g/mol. The van der Waals surface area contributed by atoms with Crippen LogP contribution in [0, 0.1) is 5.92 Å². The van der Waals surface area contributed by atoms with Gasteiger partial charge >= 0.3 is 0 Å². The summed E-state index contributed by atoms with van der Waals surface area (Å²) in [5.74, 6) is -0.110. The van der Waals surface area contributed by atoms with E-state index in [9.17, 15) is 13.2 Å². The van der Waals surface area contributed by atoms with Gasteiger partial charge in [0.2, 0.25) is 15.9 Å². The summed E-state index contributed by atoms with van der Waals surface area (Å²) in [6.45, 7) is 4.83.